The lowest BCUT2D eigenvalue weighted by Crippen LogP contribution is -2.32. The highest BCUT2D eigenvalue weighted by atomic mass is 79.9. The number of rotatable bonds is 8. The molecule has 0 aliphatic carbocycles. The summed E-state index contributed by atoms with van der Waals surface area (Å²) in [5.74, 6) is 0.470. The molecule has 3 heteroatoms. The third-order valence-corrected chi connectivity index (χ3v) is 2.94. The standard InChI is InChI=1S/C12H24BrNO/c1-4-6-11(7-5-2)12(15)14-9-8-10(3)13/h10-11H,4-9H2,1-3H3,(H,14,15). The van der Waals surface area contributed by atoms with Crippen molar-refractivity contribution in [3.8, 4) is 0 Å². The van der Waals surface area contributed by atoms with Crippen molar-refractivity contribution in [3.63, 3.8) is 0 Å². The zero-order chi connectivity index (χ0) is 11.7. The van der Waals surface area contributed by atoms with Gasteiger partial charge in [-0.15, -0.1) is 0 Å². The molecule has 0 heterocycles. The number of halogens is 1. The molecule has 2 nitrogen and oxygen atoms in total. The molecule has 1 N–H and O–H groups in total. The molecule has 90 valence electrons. The van der Waals surface area contributed by atoms with Crippen LogP contribution in [-0.2, 0) is 4.79 Å². The summed E-state index contributed by atoms with van der Waals surface area (Å²) < 4.78 is 0. The van der Waals surface area contributed by atoms with Crippen LogP contribution in [0.3, 0.4) is 0 Å². The first kappa shape index (κ1) is 14.9. The van der Waals surface area contributed by atoms with E-state index in [9.17, 15) is 4.79 Å². The average molecular weight is 278 g/mol. The molecular formula is C12H24BrNO. The maximum atomic E-state index is 11.8. The Bertz CT molecular complexity index is 165. The van der Waals surface area contributed by atoms with E-state index >= 15 is 0 Å². The van der Waals surface area contributed by atoms with Crippen LogP contribution >= 0.6 is 15.9 Å². The van der Waals surface area contributed by atoms with Gasteiger partial charge < -0.3 is 5.32 Å². The summed E-state index contributed by atoms with van der Waals surface area (Å²) in [5, 5.41) is 3.01. The summed E-state index contributed by atoms with van der Waals surface area (Å²) in [6.07, 6.45) is 5.21. The molecule has 1 amide bonds. The van der Waals surface area contributed by atoms with Crippen molar-refractivity contribution in [2.75, 3.05) is 6.54 Å². The summed E-state index contributed by atoms with van der Waals surface area (Å²) in [5.41, 5.74) is 0. The minimum absolute atomic E-state index is 0.227. The van der Waals surface area contributed by atoms with Gasteiger partial charge in [0.1, 0.15) is 0 Å². The summed E-state index contributed by atoms with van der Waals surface area (Å²) in [4.78, 5) is 12.3. The average Bonchev–Trinajstić information content (AvgIpc) is 2.16. The number of alkyl halides is 1. The fraction of sp³-hybridized carbons (Fsp3) is 0.917. The maximum absolute atomic E-state index is 11.8. The van der Waals surface area contributed by atoms with Crippen LogP contribution in [0.2, 0.25) is 0 Å². The van der Waals surface area contributed by atoms with E-state index in [4.69, 9.17) is 0 Å². The van der Waals surface area contributed by atoms with Crippen molar-refractivity contribution in [3.05, 3.63) is 0 Å². The summed E-state index contributed by atoms with van der Waals surface area (Å²) in [6, 6.07) is 0. The molecule has 0 fully saturated rings. The van der Waals surface area contributed by atoms with Crippen LogP contribution in [0, 0.1) is 5.92 Å². The molecular weight excluding hydrogens is 254 g/mol. The smallest absolute Gasteiger partial charge is 0.223 e. The van der Waals surface area contributed by atoms with Gasteiger partial charge in [0.25, 0.3) is 0 Å². The molecule has 0 rings (SSSR count). The van der Waals surface area contributed by atoms with Crippen molar-refractivity contribution in [1.82, 2.24) is 5.32 Å². The summed E-state index contributed by atoms with van der Waals surface area (Å²) in [6.45, 7) is 7.16. The Morgan fingerprint density at radius 2 is 1.73 bits per heavy atom. The maximum Gasteiger partial charge on any atom is 0.223 e. The van der Waals surface area contributed by atoms with Gasteiger partial charge in [0.15, 0.2) is 0 Å². The van der Waals surface area contributed by atoms with E-state index in [1.807, 2.05) is 0 Å². The van der Waals surface area contributed by atoms with Crippen LogP contribution in [0.15, 0.2) is 0 Å². The first-order chi connectivity index (χ1) is 7.11. The Balaban J connectivity index is 3.80. The lowest BCUT2D eigenvalue weighted by molar-refractivity contribution is -0.125. The lowest BCUT2D eigenvalue weighted by Gasteiger charge is -2.15. The van der Waals surface area contributed by atoms with E-state index in [2.05, 4.69) is 42.0 Å². The third kappa shape index (κ3) is 7.83. The Kier molecular flexibility index (Phi) is 9.17. The van der Waals surface area contributed by atoms with Gasteiger partial charge in [-0.2, -0.15) is 0 Å². The fourth-order valence-electron chi connectivity index (χ4n) is 1.64. The number of hydrogen-bond donors (Lipinski definition) is 1. The van der Waals surface area contributed by atoms with Gasteiger partial charge >= 0.3 is 0 Å². The second kappa shape index (κ2) is 9.20. The molecule has 15 heavy (non-hydrogen) atoms. The zero-order valence-corrected chi connectivity index (χ0v) is 11.8. The monoisotopic (exact) mass is 277 g/mol. The van der Waals surface area contributed by atoms with E-state index in [-0.39, 0.29) is 11.8 Å². The van der Waals surface area contributed by atoms with Gasteiger partial charge in [-0.3, -0.25) is 4.79 Å². The van der Waals surface area contributed by atoms with E-state index in [0.717, 1.165) is 38.6 Å². The van der Waals surface area contributed by atoms with E-state index < -0.39 is 0 Å². The topological polar surface area (TPSA) is 29.1 Å². The van der Waals surface area contributed by atoms with Crippen molar-refractivity contribution < 1.29 is 4.79 Å². The minimum Gasteiger partial charge on any atom is -0.356 e. The van der Waals surface area contributed by atoms with Gasteiger partial charge in [0, 0.05) is 17.3 Å². The number of hydrogen-bond acceptors (Lipinski definition) is 1. The van der Waals surface area contributed by atoms with Gasteiger partial charge in [-0.1, -0.05) is 49.5 Å². The molecule has 0 saturated carbocycles. The third-order valence-electron chi connectivity index (χ3n) is 2.49. The Morgan fingerprint density at radius 1 is 1.20 bits per heavy atom. The largest absolute Gasteiger partial charge is 0.356 e. The number of nitrogens with one attached hydrogen (secondary N) is 1. The highest BCUT2D eigenvalue weighted by molar-refractivity contribution is 9.09. The van der Waals surface area contributed by atoms with Crippen molar-refractivity contribution >= 4 is 21.8 Å². The molecule has 0 aromatic heterocycles. The molecule has 1 unspecified atom stereocenters. The van der Waals surface area contributed by atoms with Crippen LogP contribution in [0.1, 0.15) is 52.9 Å². The second-order valence-electron chi connectivity index (χ2n) is 4.13. The van der Waals surface area contributed by atoms with E-state index in [1.54, 1.807) is 0 Å². The lowest BCUT2D eigenvalue weighted by atomic mass is 9.97. The number of carbonyl (C=O) groups excluding carboxylic acids is 1. The Labute approximate surface area is 102 Å². The normalized spacial score (nSPS) is 12.9. The Hall–Kier alpha value is -0.0500. The molecule has 0 radical (unpaired) electrons. The molecule has 0 spiro atoms. The first-order valence-electron chi connectivity index (χ1n) is 6.03. The van der Waals surface area contributed by atoms with Crippen LogP contribution in [0.5, 0.6) is 0 Å². The molecule has 0 aliphatic rings. The van der Waals surface area contributed by atoms with Crippen molar-refractivity contribution in [2.45, 2.75) is 57.7 Å². The first-order valence-corrected chi connectivity index (χ1v) is 6.95. The molecule has 1 atom stereocenters. The fourth-order valence-corrected chi connectivity index (χ4v) is 1.87. The van der Waals surface area contributed by atoms with E-state index in [1.165, 1.54) is 0 Å². The SMILES string of the molecule is CCCC(CCC)C(=O)NCCC(C)Br. The van der Waals surface area contributed by atoms with Crippen LogP contribution in [0.4, 0.5) is 0 Å². The van der Waals surface area contributed by atoms with Crippen LogP contribution in [-0.4, -0.2) is 17.3 Å². The zero-order valence-electron chi connectivity index (χ0n) is 10.2. The highest BCUT2D eigenvalue weighted by Crippen LogP contribution is 2.13. The van der Waals surface area contributed by atoms with Gasteiger partial charge in [-0.05, 0) is 19.3 Å². The van der Waals surface area contributed by atoms with E-state index in [0.29, 0.717) is 4.83 Å². The van der Waals surface area contributed by atoms with Crippen LogP contribution in [0.25, 0.3) is 0 Å². The predicted molar refractivity (Wildman–Crippen MR) is 69.3 cm³/mol. The highest BCUT2D eigenvalue weighted by Gasteiger charge is 2.15. The van der Waals surface area contributed by atoms with Gasteiger partial charge in [0.05, 0.1) is 0 Å². The van der Waals surface area contributed by atoms with Gasteiger partial charge in [0.2, 0.25) is 5.91 Å². The number of amides is 1. The summed E-state index contributed by atoms with van der Waals surface area (Å²) >= 11 is 3.47. The van der Waals surface area contributed by atoms with Crippen LogP contribution < -0.4 is 5.32 Å². The van der Waals surface area contributed by atoms with Crippen molar-refractivity contribution in [2.24, 2.45) is 5.92 Å². The molecule has 0 aromatic rings. The quantitative estimate of drug-likeness (QED) is 0.676. The Morgan fingerprint density at radius 3 is 2.13 bits per heavy atom. The number of carbonyl (C=O) groups is 1. The van der Waals surface area contributed by atoms with Crippen molar-refractivity contribution in [1.29, 1.82) is 0 Å². The van der Waals surface area contributed by atoms with Gasteiger partial charge in [-0.25, -0.2) is 0 Å². The summed E-state index contributed by atoms with van der Waals surface area (Å²) in [7, 11) is 0. The molecule has 0 aromatic carbocycles. The molecule has 0 saturated heterocycles. The predicted octanol–water partition coefficient (Wildman–Crippen LogP) is 3.49. The molecule has 0 bridgehead atoms. The second-order valence-corrected chi connectivity index (χ2v) is 5.70. The minimum atomic E-state index is 0.227. The molecule has 0 aliphatic heterocycles.